The number of nitrogens with two attached hydrogens (primary N) is 1. The van der Waals surface area contributed by atoms with Gasteiger partial charge in [-0.15, -0.1) is 0 Å². The normalized spacial score (nSPS) is 15.0. The predicted molar refractivity (Wildman–Crippen MR) is 72.4 cm³/mol. The molecule has 0 spiro atoms. The van der Waals surface area contributed by atoms with Crippen LogP contribution in [-0.2, 0) is 9.59 Å². The van der Waals surface area contributed by atoms with Crippen LogP contribution in [0.3, 0.4) is 0 Å². The number of hydrogen-bond donors (Lipinski definition) is 2. The molecule has 1 heterocycles. The summed E-state index contributed by atoms with van der Waals surface area (Å²) in [5.74, 6) is -3.69. The van der Waals surface area contributed by atoms with Gasteiger partial charge < -0.3 is 10.8 Å². The molecule has 2 rings (SSSR count). The molecule has 0 saturated carbocycles. The molecule has 7 heteroatoms. The minimum atomic E-state index is -1.04. The van der Waals surface area contributed by atoms with Crippen molar-refractivity contribution in [1.29, 1.82) is 0 Å². The van der Waals surface area contributed by atoms with E-state index in [9.17, 15) is 19.2 Å². The highest BCUT2D eigenvalue weighted by atomic mass is 16.4. The lowest BCUT2D eigenvalue weighted by atomic mass is 10.0. The van der Waals surface area contributed by atoms with E-state index in [2.05, 4.69) is 0 Å². The van der Waals surface area contributed by atoms with E-state index in [0.717, 1.165) is 0 Å². The Bertz CT molecular complexity index is 653. The molecule has 21 heavy (non-hydrogen) atoms. The topological polar surface area (TPSA) is 118 Å². The zero-order chi connectivity index (χ0) is 15.7. The van der Waals surface area contributed by atoms with E-state index >= 15 is 0 Å². The summed E-state index contributed by atoms with van der Waals surface area (Å²) in [6, 6.07) is 4.44. The average Bonchev–Trinajstić information content (AvgIpc) is 2.61. The zero-order valence-corrected chi connectivity index (χ0v) is 11.3. The first kappa shape index (κ1) is 14.7. The maximum atomic E-state index is 12.2. The van der Waals surface area contributed by atoms with Crippen molar-refractivity contribution >= 4 is 29.4 Å². The molecular weight excluding hydrogens is 276 g/mol. The van der Waals surface area contributed by atoms with E-state index in [1.54, 1.807) is 6.92 Å². The Labute approximate surface area is 120 Å². The molecule has 0 aromatic heterocycles. The molecule has 1 atom stereocenters. The zero-order valence-electron chi connectivity index (χ0n) is 11.3. The second kappa shape index (κ2) is 5.35. The lowest BCUT2D eigenvalue weighted by molar-refractivity contribution is -0.138. The first-order valence-corrected chi connectivity index (χ1v) is 6.34. The summed E-state index contributed by atoms with van der Waals surface area (Å²) in [5.41, 5.74) is 5.93. The number of nitrogens with zero attached hydrogens (tertiary/aromatic N) is 1. The van der Waals surface area contributed by atoms with Crippen LogP contribution in [0, 0.1) is 5.92 Å². The predicted octanol–water partition coefficient (Wildman–Crippen LogP) is 0.892. The molecule has 7 nitrogen and oxygen atoms in total. The fourth-order valence-corrected chi connectivity index (χ4v) is 2.30. The molecule has 1 aliphatic heterocycles. The van der Waals surface area contributed by atoms with Gasteiger partial charge in [-0.1, -0.05) is 13.0 Å². The van der Waals surface area contributed by atoms with E-state index < -0.39 is 29.6 Å². The molecule has 1 aromatic carbocycles. The van der Waals surface area contributed by atoms with Gasteiger partial charge in [0.1, 0.15) is 0 Å². The van der Waals surface area contributed by atoms with Crippen molar-refractivity contribution in [1.82, 2.24) is 4.90 Å². The Morgan fingerprint density at radius 1 is 1.24 bits per heavy atom. The first-order chi connectivity index (χ1) is 9.82. The van der Waals surface area contributed by atoms with Gasteiger partial charge in [-0.2, -0.15) is 0 Å². The third-order valence-corrected chi connectivity index (χ3v) is 3.24. The SMILES string of the molecule is CC(CC(=O)O)CC(=O)N1C(=O)c2cccc(N)c2C1=O. The Morgan fingerprint density at radius 2 is 1.90 bits per heavy atom. The van der Waals surface area contributed by atoms with Crippen LogP contribution in [0.4, 0.5) is 5.69 Å². The smallest absolute Gasteiger partial charge is 0.303 e. The molecule has 0 fully saturated rings. The Morgan fingerprint density at radius 3 is 2.48 bits per heavy atom. The first-order valence-electron chi connectivity index (χ1n) is 6.34. The largest absolute Gasteiger partial charge is 0.481 e. The minimum Gasteiger partial charge on any atom is -0.481 e. The number of rotatable bonds is 4. The Kier molecular flexibility index (Phi) is 3.75. The van der Waals surface area contributed by atoms with Crippen LogP contribution in [0.5, 0.6) is 0 Å². The van der Waals surface area contributed by atoms with Crippen molar-refractivity contribution in [3.05, 3.63) is 29.3 Å². The quantitative estimate of drug-likeness (QED) is 0.628. The van der Waals surface area contributed by atoms with Gasteiger partial charge in [0.2, 0.25) is 5.91 Å². The third-order valence-electron chi connectivity index (χ3n) is 3.24. The molecule has 1 aromatic rings. The minimum absolute atomic E-state index is 0.0294. The number of benzene rings is 1. The number of imide groups is 3. The molecule has 3 amide bonds. The van der Waals surface area contributed by atoms with Crippen LogP contribution in [-0.4, -0.2) is 33.7 Å². The van der Waals surface area contributed by atoms with Gasteiger partial charge in [-0.25, -0.2) is 4.90 Å². The fourth-order valence-electron chi connectivity index (χ4n) is 2.30. The van der Waals surface area contributed by atoms with Gasteiger partial charge in [-0.05, 0) is 18.1 Å². The monoisotopic (exact) mass is 290 g/mol. The number of carboxylic acids is 1. The van der Waals surface area contributed by atoms with Crippen LogP contribution in [0.25, 0.3) is 0 Å². The van der Waals surface area contributed by atoms with Gasteiger partial charge in [0, 0.05) is 18.5 Å². The summed E-state index contributed by atoms with van der Waals surface area (Å²) in [6.07, 6.45) is -0.408. The molecule has 0 aliphatic carbocycles. The number of carbonyl (C=O) groups excluding carboxylic acids is 3. The van der Waals surface area contributed by atoms with Crippen molar-refractivity contribution < 1.29 is 24.3 Å². The second-order valence-corrected chi connectivity index (χ2v) is 5.02. The summed E-state index contributed by atoms with van der Waals surface area (Å²) in [4.78, 5) is 47.5. The van der Waals surface area contributed by atoms with E-state index in [-0.39, 0.29) is 29.7 Å². The highest BCUT2D eigenvalue weighted by molar-refractivity contribution is 6.30. The van der Waals surface area contributed by atoms with Gasteiger partial charge >= 0.3 is 5.97 Å². The van der Waals surface area contributed by atoms with E-state index in [1.165, 1.54) is 18.2 Å². The number of anilines is 1. The van der Waals surface area contributed by atoms with Crippen LogP contribution in [0.15, 0.2) is 18.2 Å². The molecule has 1 unspecified atom stereocenters. The summed E-state index contributed by atoms with van der Waals surface area (Å²) in [6.45, 7) is 1.57. The van der Waals surface area contributed by atoms with Crippen molar-refractivity contribution in [2.45, 2.75) is 19.8 Å². The maximum absolute atomic E-state index is 12.2. The van der Waals surface area contributed by atoms with Crippen LogP contribution < -0.4 is 5.73 Å². The highest BCUT2D eigenvalue weighted by Crippen LogP contribution is 2.28. The van der Waals surface area contributed by atoms with Gasteiger partial charge in [-0.3, -0.25) is 19.2 Å². The third kappa shape index (κ3) is 2.62. The molecule has 110 valence electrons. The number of fused-ring (bicyclic) bond motifs is 1. The number of carboxylic acid groups (broad SMARTS) is 1. The van der Waals surface area contributed by atoms with Crippen LogP contribution in [0.2, 0.25) is 0 Å². The summed E-state index contributed by atoms with van der Waals surface area (Å²) >= 11 is 0. The van der Waals surface area contributed by atoms with Crippen molar-refractivity contribution in [2.24, 2.45) is 5.92 Å². The van der Waals surface area contributed by atoms with Gasteiger partial charge in [0.05, 0.1) is 11.1 Å². The summed E-state index contributed by atoms with van der Waals surface area (Å²) < 4.78 is 0. The van der Waals surface area contributed by atoms with Crippen molar-refractivity contribution in [3.8, 4) is 0 Å². The summed E-state index contributed by atoms with van der Waals surface area (Å²) in [5, 5.41) is 8.67. The molecule has 0 saturated heterocycles. The number of aliphatic carboxylic acids is 1. The molecule has 1 aliphatic rings. The molecule has 0 radical (unpaired) electrons. The fraction of sp³-hybridized carbons (Fsp3) is 0.286. The van der Waals surface area contributed by atoms with Crippen molar-refractivity contribution in [2.75, 3.05) is 5.73 Å². The molecular formula is C14H14N2O5. The number of nitrogen functional groups attached to an aromatic ring is 1. The Hall–Kier alpha value is -2.70. The van der Waals surface area contributed by atoms with E-state index in [4.69, 9.17) is 10.8 Å². The van der Waals surface area contributed by atoms with Crippen LogP contribution >= 0.6 is 0 Å². The van der Waals surface area contributed by atoms with E-state index in [1.807, 2.05) is 0 Å². The molecule has 3 N–H and O–H groups in total. The standard InChI is InChI=1S/C14H14N2O5/c1-7(6-11(18)19)5-10(17)16-13(20)8-3-2-4-9(15)12(8)14(16)21/h2-4,7H,5-6,15H2,1H3,(H,18,19). The second-order valence-electron chi connectivity index (χ2n) is 5.02. The van der Waals surface area contributed by atoms with Crippen molar-refractivity contribution in [3.63, 3.8) is 0 Å². The van der Waals surface area contributed by atoms with Gasteiger partial charge in [0.15, 0.2) is 0 Å². The Balaban J connectivity index is 2.22. The lowest BCUT2D eigenvalue weighted by Crippen LogP contribution is -2.37. The number of carbonyl (C=O) groups is 4. The average molecular weight is 290 g/mol. The maximum Gasteiger partial charge on any atom is 0.303 e. The highest BCUT2D eigenvalue weighted by Gasteiger charge is 2.41. The number of hydrogen-bond acceptors (Lipinski definition) is 5. The molecule has 0 bridgehead atoms. The number of amides is 3. The van der Waals surface area contributed by atoms with Crippen LogP contribution in [0.1, 0.15) is 40.5 Å². The van der Waals surface area contributed by atoms with Gasteiger partial charge in [0.25, 0.3) is 11.8 Å². The van der Waals surface area contributed by atoms with E-state index in [0.29, 0.717) is 4.90 Å². The summed E-state index contributed by atoms with van der Waals surface area (Å²) in [7, 11) is 0. The lowest BCUT2D eigenvalue weighted by Gasteiger charge is -2.14.